The Balaban J connectivity index is 6.00. The van der Waals surface area contributed by atoms with Crippen molar-refractivity contribution in [3.63, 3.8) is 0 Å². The Labute approximate surface area is 383 Å². The largest absolute Gasteiger partial charge is 0.481 e. The molecule has 8 amide bonds. The van der Waals surface area contributed by atoms with Gasteiger partial charge in [0.1, 0.15) is 36.3 Å². The van der Waals surface area contributed by atoms with Gasteiger partial charge in [0.05, 0.1) is 32.0 Å². The molecular weight excluding hydrogens is 909 g/mol. The van der Waals surface area contributed by atoms with Crippen LogP contribution in [0.4, 0.5) is 0 Å². The molecule has 0 fully saturated rings. The number of thiol groups is 2. The van der Waals surface area contributed by atoms with E-state index in [0.29, 0.717) is 12.2 Å². The highest BCUT2D eigenvalue weighted by atomic mass is 32.2. The van der Waals surface area contributed by atoms with Gasteiger partial charge in [-0.05, 0) is 37.2 Å². The first-order valence-electron chi connectivity index (χ1n) is 19.5. The van der Waals surface area contributed by atoms with Crippen LogP contribution in [0, 0.1) is 5.92 Å². The van der Waals surface area contributed by atoms with Gasteiger partial charge in [0.15, 0.2) is 5.96 Å². The topological polar surface area (TPSA) is 435 Å². The molecule has 0 heterocycles. The van der Waals surface area contributed by atoms with Crippen LogP contribution in [0.2, 0.25) is 0 Å². The van der Waals surface area contributed by atoms with Crippen LogP contribution in [0.5, 0.6) is 0 Å². The van der Waals surface area contributed by atoms with Crippen LogP contribution in [-0.2, 0) is 52.7 Å². The van der Waals surface area contributed by atoms with E-state index >= 15 is 0 Å². The van der Waals surface area contributed by atoms with Crippen molar-refractivity contribution in [1.82, 2.24) is 42.5 Å². The minimum atomic E-state index is -1.82. The van der Waals surface area contributed by atoms with Crippen molar-refractivity contribution in [2.24, 2.45) is 28.1 Å². The van der Waals surface area contributed by atoms with E-state index in [9.17, 15) is 68.1 Å². The Morgan fingerprint density at radius 2 is 1.09 bits per heavy atom. The molecule has 0 rings (SSSR count). The molecule has 0 unspecified atom stereocenters. The van der Waals surface area contributed by atoms with Gasteiger partial charge in [0, 0.05) is 18.1 Å². The van der Waals surface area contributed by atoms with Crippen LogP contribution in [0.1, 0.15) is 52.4 Å². The first-order chi connectivity index (χ1) is 30.0. The van der Waals surface area contributed by atoms with Crippen molar-refractivity contribution in [2.45, 2.75) is 94.7 Å². The molecule has 362 valence electrons. The van der Waals surface area contributed by atoms with Crippen molar-refractivity contribution < 1.29 is 68.1 Å². The van der Waals surface area contributed by atoms with Crippen LogP contribution in [0.15, 0.2) is 4.99 Å². The van der Waals surface area contributed by atoms with Gasteiger partial charge in [0.2, 0.25) is 47.3 Å². The fourth-order valence-corrected chi connectivity index (χ4v) is 6.03. The number of carbonyl (C=O) groups is 11. The monoisotopic (exact) mass is 968 g/mol. The Morgan fingerprint density at radius 1 is 0.625 bits per heavy atom. The van der Waals surface area contributed by atoms with Crippen LogP contribution in [0.25, 0.3) is 0 Å². The number of thioether (sulfide) groups is 1. The number of hydrogen-bond acceptors (Lipinski definition) is 16. The number of rotatable bonds is 32. The minimum absolute atomic E-state index is 0.0121. The van der Waals surface area contributed by atoms with Gasteiger partial charge in [-0.3, -0.25) is 52.9 Å². The average Bonchev–Trinajstić information content (AvgIpc) is 3.23. The maximum absolute atomic E-state index is 13.6. The minimum Gasteiger partial charge on any atom is -0.481 e. The van der Waals surface area contributed by atoms with Crippen molar-refractivity contribution in [3.8, 4) is 0 Å². The van der Waals surface area contributed by atoms with Crippen LogP contribution in [0.3, 0.4) is 0 Å². The molecule has 0 aromatic carbocycles. The third-order valence-corrected chi connectivity index (χ3v) is 10.3. The maximum Gasteiger partial charge on any atom is 0.327 e. The predicted molar refractivity (Wildman–Crippen MR) is 238 cm³/mol. The highest BCUT2D eigenvalue weighted by Gasteiger charge is 2.33. The second kappa shape index (κ2) is 31.3. The smallest absolute Gasteiger partial charge is 0.327 e. The average molecular weight is 969 g/mol. The SMILES string of the molecule is CC[C@H](C)[C@H](NC(=O)CNC(=O)[C@H](CC(=O)O)NC(=O)[C@@H](N)CS)C(=O)NCC(=O)N[C@@H](CC(=O)O)C(=O)N[C@@H](CCCN=C(N)N)C(=O)N[C@@H](CCSC)C(=O)N[C@@H](CS)C(=O)O. The molecular formula is C35H60N12O14S3. The molecule has 17 N–H and O–H groups in total. The standard InChI is InChI=1S/C35H60N12O14S3/c1-4-16(2)27(47-24(49)13-40-29(55)20(10-25(50)51)45-28(54)17(36)14-62)33(59)41-12-23(48)42-21(11-26(52)53)32(58)43-18(6-5-8-39-35(37)38)30(56)44-19(7-9-64-3)31(57)46-22(15-63)34(60)61/h16-22,27,62-63H,4-15,36H2,1-3H3,(H,40,55)(H,41,59)(H,42,48)(H,43,58)(H,44,56)(H,45,54)(H,46,57)(H,47,49)(H,50,51)(H,52,53)(H,60,61)(H4,37,38,39)/t16-,17-,18-,19-,20-,21-,22-,27-/m0/s1. The van der Waals surface area contributed by atoms with Crippen LogP contribution in [-0.4, -0.2) is 172 Å². The number of aliphatic imine (C=N–C) groups is 1. The van der Waals surface area contributed by atoms with Crippen LogP contribution < -0.4 is 59.7 Å². The van der Waals surface area contributed by atoms with Crippen molar-refractivity contribution >= 4 is 108 Å². The fraction of sp³-hybridized carbons (Fsp3) is 0.657. The predicted octanol–water partition coefficient (Wildman–Crippen LogP) is -5.80. The summed E-state index contributed by atoms with van der Waals surface area (Å²) in [4.78, 5) is 142. The number of amides is 8. The molecule has 0 saturated heterocycles. The molecule has 26 nitrogen and oxygen atoms in total. The lowest BCUT2D eigenvalue weighted by atomic mass is 9.98. The summed E-state index contributed by atoms with van der Waals surface area (Å²) in [6, 6.07) is -10.0. The summed E-state index contributed by atoms with van der Waals surface area (Å²) in [7, 11) is 0. The molecule has 0 bridgehead atoms. The van der Waals surface area contributed by atoms with Crippen molar-refractivity contribution in [2.75, 3.05) is 43.1 Å². The second-order valence-corrected chi connectivity index (χ2v) is 15.7. The summed E-state index contributed by atoms with van der Waals surface area (Å²) in [5.74, 6) is -13.0. The molecule has 0 radical (unpaired) electrons. The molecule has 64 heavy (non-hydrogen) atoms. The van der Waals surface area contributed by atoms with E-state index in [1.54, 1.807) is 20.1 Å². The maximum atomic E-state index is 13.6. The lowest BCUT2D eigenvalue weighted by molar-refractivity contribution is -0.142. The molecule has 0 aliphatic carbocycles. The molecule has 29 heteroatoms. The molecule has 0 saturated carbocycles. The summed E-state index contributed by atoms with van der Waals surface area (Å²) < 4.78 is 0. The fourth-order valence-electron chi connectivity index (χ4n) is 5.15. The zero-order valence-electron chi connectivity index (χ0n) is 35.4. The van der Waals surface area contributed by atoms with Gasteiger partial charge in [-0.25, -0.2) is 4.79 Å². The Kier molecular flexibility index (Phi) is 28.6. The Bertz CT molecular complexity index is 1690. The molecule has 0 aliphatic heterocycles. The zero-order valence-corrected chi connectivity index (χ0v) is 38.0. The van der Waals surface area contributed by atoms with E-state index in [0.717, 1.165) is 0 Å². The number of aliphatic carboxylic acids is 3. The first kappa shape index (κ1) is 58.4. The Hall–Kier alpha value is -5.55. The number of carboxylic acids is 3. The number of nitrogens with two attached hydrogens (primary N) is 3. The van der Waals surface area contributed by atoms with Gasteiger partial charge >= 0.3 is 17.9 Å². The summed E-state index contributed by atoms with van der Waals surface area (Å²) in [6.45, 7) is 1.64. The van der Waals surface area contributed by atoms with Crippen molar-refractivity contribution in [3.05, 3.63) is 0 Å². The summed E-state index contributed by atoms with van der Waals surface area (Å²) in [5.41, 5.74) is 16.3. The van der Waals surface area contributed by atoms with Gasteiger partial charge in [0.25, 0.3) is 0 Å². The lowest BCUT2D eigenvalue weighted by Crippen LogP contribution is -2.59. The summed E-state index contributed by atoms with van der Waals surface area (Å²) >= 11 is 9.12. The zero-order chi connectivity index (χ0) is 49.1. The molecule has 0 spiro atoms. The number of carboxylic acid groups (broad SMARTS) is 3. The molecule has 0 aromatic rings. The molecule has 8 atom stereocenters. The number of guanidine groups is 1. The van der Waals surface area contributed by atoms with Crippen LogP contribution >= 0.6 is 37.0 Å². The summed E-state index contributed by atoms with van der Waals surface area (Å²) in [6.07, 6.45) is 0.151. The van der Waals surface area contributed by atoms with E-state index < -0.39 is 139 Å². The highest BCUT2D eigenvalue weighted by Crippen LogP contribution is 2.09. The number of carbonyl (C=O) groups excluding carboxylic acids is 8. The van der Waals surface area contributed by atoms with Gasteiger partial charge in [-0.2, -0.15) is 37.0 Å². The van der Waals surface area contributed by atoms with E-state index in [-0.39, 0.29) is 43.3 Å². The quantitative estimate of drug-likeness (QED) is 0.0129. The van der Waals surface area contributed by atoms with E-state index in [4.69, 9.17) is 17.2 Å². The van der Waals surface area contributed by atoms with Crippen molar-refractivity contribution in [1.29, 1.82) is 0 Å². The lowest BCUT2D eigenvalue weighted by Gasteiger charge is -2.26. The normalized spacial score (nSPS) is 14.5. The third-order valence-electron chi connectivity index (χ3n) is 8.85. The number of nitrogens with one attached hydrogen (secondary N) is 8. The van der Waals surface area contributed by atoms with E-state index in [2.05, 4.69) is 72.8 Å². The number of hydrogen-bond donors (Lipinski definition) is 16. The van der Waals surface area contributed by atoms with E-state index in [1.807, 2.05) is 0 Å². The van der Waals surface area contributed by atoms with Gasteiger partial charge in [-0.15, -0.1) is 0 Å². The Morgan fingerprint density at radius 3 is 1.56 bits per heavy atom. The third kappa shape index (κ3) is 23.8. The summed E-state index contributed by atoms with van der Waals surface area (Å²) in [5, 5.41) is 46.4. The van der Waals surface area contributed by atoms with Gasteiger partial charge < -0.3 is 75.1 Å². The second-order valence-electron chi connectivity index (χ2n) is 14.0. The highest BCUT2D eigenvalue weighted by molar-refractivity contribution is 7.98. The number of nitrogens with zero attached hydrogens (tertiary/aromatic N) is 1. The molecule has 0 aliphatic rings. The van der Waals surface area contributed by atoms with E-state index in [1.165, 1.54) is 11.8 Å². The molecule has 0 aromatic heterocycles. The van der Waals surface area contributed by atoms with Gasteiger partial charge in [-0.1, -0.05) is 20.3 Å². The first-order valence-corrected chi connectivity index (χ1v) is 22.2.